The van der Waals surface area contributed by atoms with Crippen molar-refractivity contribution in [3.63, 3.8) is 0 Å². The summed E-state index contributed by atoms with van der Waals surface area (Å²) in [5.74, 6) is 0.920. The molecule has 0 fully saturated rings. The summed E-state index contributed by atoms with van der Waals surface area (Å²) in [6.45, 7) is 6.07. The SMILES string of the molecule is CCNC(CCCOC)c1ccc(OC)cc1C. The second-order valence-electron chi connectivity index (χ2n) is 4.47. The first-order chi connectivity index (χ1) is 8.72. The standard InChI is InChI=1S/C15H25NO2/c1-5-16-15(7-6-10-17-3)14-9-8-13(18-4)11-12(14)2/h8-9,11,15-16H,5-7,10H2,1-4H3. The molecular formula is C15H25NO2. The zero-order valence-corrected chi connectivity index (χ0v) is 12.0. The molecule has 0 saturated carbocycles. The van der Waals surface area contributed by atoms with Gasteiger partial charge >= 0.3 is 0 Å². The van der Waals surface area contributed by atoms with Gasteiger partial charge in [0.15, 0.2) is 0 Å². The molecule has 0 saturated heterocycles. The number of rotatable bonds is 8. The van der Waals surface area contributed by atoms with Gasteiger partial charge < -0.3 is 14.8 Å². The van der Waals surface area contributed by atoms with Crippen LogP contribution in [0.4, 0.5) is 0 Å². The van der Waals surface area contributed by atoms with Crippen molar-refractivity contribution in [1.29, 1.82) is 0 Å². The average Bonchev–Trinajstić information content (AvgIpc) is 2.38. The predicted octanol–water partition coefficient (Wildman–Crippen LogP) is 3.08. The molecule has 0 aliphatic heterocycles. The van der Waals surface area contributed by atoms with E-state index in [4.69, 9.17) is 9.47 Å². The van der Waals surface area contributed by atoms with Crippen molar-refractivity contribution in [2.75, 3.05) is 27.4 Å². The van der Waals surface area contributed by atoms with Crippen LogP contribution in [0, 0.1) is 6.92 Å². The van der Waals surface area contributed by atoms with E-state index in [1.165, 1.54) is 11.1 Å². The lowest BCUT2D eigenvalue weighted by atomic mass is 9.97. The second-order valence-corrected chi connectivity index (χ2v) is 4.47. The van der Waals surface area contributed by atoms with Crippen LogP contribution in [0.5, 0.6) is 5.75 Å². The van der Waals surface area contributed by atoms with Crippen LogP contribution in [0.25, 0.3) is 0 Å². The number of aryl methyl sites for hydroxylation is 1. The number of benzene rings is 1. The van der Waals surface area contributed by atoms with E-state index in [2.05, 4.69) is 31.3 Å². The van der Waals surface area contributed by atoms with Crippen LogP contribution in [-0.2, 0) is 4.74 Å². The Labute approximate surface area is 110 Å². The van der Waals surface area contributed by atoms with Crippen LogP contribution >= 0.6 is 0 Å². The van der Waals surface area contributed by atoms with E-state index in [0.29, 0.717) is 6.04 Å². The highest BCUT2D eigenvalue weighted by atomic mass is 16.5. The molecule has 0 amide bonds. The summed E-state index contributed by atoms with van der Waals surface area (Å²) in [5, 5.41) is 3.54. The molecule has 0 bridgehead atoms. The summed E-state index contributed by atoms with van der Waals surface area (Å²) in [4.78, 5) is 0. The number of ether oxygens (including phenoxy) is 2. The maximum absolute atomic E-state index is 5.25. The maximum atomic E-state index is 5.25. The Kier molecular flexibility index (Phi) is 6.76. The Balaban J connectivity index is 2.77. The van der Waals surface area contributed by atoms with Crippen molar-refractivity contribution in [3.8, 4) is 5.75 Å². The lowest BCUT2D eigenvalue weighted by molar-refractivity contribution is 0.189. The third kappa shape index (κ3) is 4.31. The summed E-state index contributed by atoms with van der Waals surface area (Å²) < 4.78 is 10.4. The van der Waals surface area contributed by atoms with Gasteiger partial charge in [-0.05, 0) is 49.6 Å². The number of nitrogens with one attached hydrogen (secondary N) is 1. The van der Waals surface area contributed by atoms with Crippen LogP contribution in [0.3, 0.4) is 0 Å². The Bertz CT molecular complexity index is 352. The Hall–Kier alpha value is -1.06. The van der Waals surface area contributed by atoms with E-state index in [1.54, 1.807) is 14.2 Å². The monoisotopic (exact) mass is 251 g/mol. The fraction of sp³-hybridized carbons (Fsp3) is 0.600. The molecule has 1 aromatic carbocycles. The molecule has 1 atom stereocenters. The summed E-state index contributed by atoms with van der Waals surface area (Å²) >= 11 is 0. The van der Waals surface area contributed by atoms with E-state index in [0.717, 1.165) is 31.7 Å². The molecule has 1 rings (SSSR count). The van der Waals surface area contributed by atoms with E-state index < -0.39 is 0 Å². The van der Waals surface area contributed by atoms with Gasteiger partial charge in [0.05, 0.1) is 7.11 Å². The first-order valence-corrected chi connectivity index (χ1v) is 6.59. The smallest absolute Gasteiger partial charge is 0.119 e. The number of methoxy groups -OCH3 is 2. The lowest BCUT2D eigenvalue weighted by Gasteiger charge is -2.20. The molecule has 1 aromatic rings. The van der Waals surface area contributed by atoms with Gasteiger partial charge in [-0.1, -0.05) is 13.0 Å². The van der Waals surface area contributed by atoms with Gasteiger partial charge in [-0.15, -0.1) is 0 Å². The van der Waals surface area contributed by atoms with Gasteiger partial charge in [0, 0.05) is 19.8 Å². The number of hydrogen-bond donors (Lipinski definition) is 1. The van der Waals surface area contributed by atoms with Crippen molar-refractivity contribution >= 4 is 0 Å². The maximum Gasteiger partial charge on any atom is 0.119 e. The normalized spacial score (nSPS) is 12.4. The molecule has 0 radical (unpaired) electrons. The van der Waals surface area contributed by atoms with Crippen molar-refractivity contribution in [1.82, 2.24) is 5.32 Å². The van der Waals surface area contributed by atoms with Crippen LogP contribution in [-0.4, -0.2) is 27.4 Å². The molecule has 0 heterocycles. The number of hydrogen-bond acceptors (Lipinski definition) is 3. The van der Waals surface area contributed by atoms with Crippen molar-refractivity contribution in [2.45, 2.75) is 32.7 Å². The molecule has 1 N–H and O–H groups in total. The van der Waals surface area contributed by atoms with Gasteiger partial charge in [-0.3, -0.25) is 0 Å². The molecule has 102 valence electrons. The first kappa shape index (κ1) is 15.0. The fourth-order valence-electron chi connectivity index (χ4n) is 2.21. The quantitative estimate of drug-likeness (QED) is 0.720. The predicted molar refractivity (Wildman–Crippen MR) is 75.3 cm³/mol. The molecular weight excluding hydrogens is 226 g/mol. The summed E-state index contributed by atoms with van der Waals surface area (Å²) in [6, 6.07) is 6.68. The van der Waals surface area contributed by atoms with Gasteiger partial charge in [0.25, 0.3) is 0 Å². The van der Waals surface area contributed by atoms with E-state index >= 15 is 0 Å². The molecule has 0 aromatic heterocycles. The van der Waals surface area contributed by atoms with E-state index in [1.807, 2.05) is 6.07 Å². The molecule has 3 heteroatoms. The minimum atomic E-state index is 0.399. The first-order valence-electron chi connectivity index (χ1n) is 6.59. The summed E-state index contributed by atoms with van der Waals surface area (Å²) in [6.07, 6.45) is 2.16. The van der Waals surface area contributed by atoms with Crippen LogP contribution in [0.15, 0.2) is 18.2 Å². The van der Waals surface area contributed by atoms with Gasteiger partial charge in [0.2, 0.25) is 0 Å². The van der Waals surface area contributed by atoms with Crippen LogP contribution in [0.2, 0.25) is 0 Å². The third-order valence-electron chi connectivity index (χ3n) is 3.14. The minimum Gasteiger partial charge on any atom is -0.497 e. The molecule has 18 heavy (non-hydrogen) atoms. The van der Waals surface area contributed by atoms with Gasteiger partial charge in [0.1, 0.15) is 5.75 Å². The highest BCUT2D eigenvalue weighted by Crippen LogP contribution is 2.25. The van der Waals surface area contributed by atoms with Gasteiger partial charge in [-0.25, -0.2) is 0 Å². The molecule has 0 aliphatic carbocycles. The topological polar surface area (TPSA) is 30.5 Å². The second kappa shape index (κ2) is 8.11. The molecule has 0 aliphatic rings. The molecule has 0 spiro atoms. The van der Waals surface area contributed by atoms with Crippen LogP contribution < -0.4 is 10.1 Å². The lowest BCUT2D eigenvalue weighted by Crippen LogP contribution is -2.22. The zero-order chi connectivity index (χ0) is 13.4. The summed E-state index contributed by atoms with van der Waals surface area (Å²) in [5.41, 5.74) is 2.63. The fourth-order valence-corrected chi connectivity index (χ4v) is 2.21. The van der Waals surface area contributed by atoms with E-state index in [9.17, 15) is 0 Å². The largest absolute Gasteiger partial charge is 0.497 e. The highest BCUT2D eigenvalue weighted by molar-refractivity contribution is 5.36. The molecule has 3 nitrogen and oxygen atoms in total. The zero-order valence-electron chi connectivity index (χ0n) is 12.0. The van der Waals surface area contributed by atoms with Gasteiger partial charge in [-0.2, -0.15) is 0 Å². The average molecular weight is 251 g/mol. The van der Waals surface area contributed by atoms with Crippen molar-refractivity contribution in [2.24, 2.45) is 0 Å². The van der Waals surface area contributed by atoms with Crippen LogP contribution in [0.1, 0.15) is 36.9 Å². The minimum absolute atomic E-state index is 0.399. The van der Waals surface area contributed by atoms with E-state index in [-0.39, 0.29) is 0 Å². The summed E-state index contributed by atoms with van der Waals surface area (Å²) in [7, 11) is 3.45. The Morgan fingerprint density at radius 2 is 2.06 bits per heavy atom. The third-order valence-corrected chi connectivity index (χ3v) is 3.14. The molecule has 1 unspecified atom stereocenters. The van der Waals surface area contributed by atoms with Crippen molar-refractivity contribution in [3.05, 3.63) is 29.3 Å². The highest BCUT2D eigenvalue weighted by Gasteiger charge is 2.12. The Morgan fingerprint density at radius 1 is 1.28 bits per heavy atom. The van der Waals surface area contributed by atoms with Crippen molar-refractivity contribution < 1.29 is 9.47 Å². The Morgan fingerprint density at radius 3 is 2.61 bits per heavy atom.